The zero-order valence-corrected chi connectivity index (χ0v) is 12.7. The molecule has 0 aromatic rings. The normalized spacial score (nSPS) is 23.3. The molecule has 4 heteroatoms. The minimum Gasteiger partial charge on any atom is -0.444 e. The van der Waals surface area contributed by atoms with Crippen LogP contribution in [0.2, 0.25) is 0 Å². The number of carbonyl (C=O) groups is 1. The molecule has 0 spiro atoms. The van der Waals surface area contributed by atoms with Crippen LogP contribution in [0.15, 0.2) is 0 Å². The predicted octanol–water partition coefficient (Wildman–Crippen LogP) is 2.77. The molecule has 0 radical (unpaired) electrons. The van der Waals surface area contributed by atoms with Gasteiger partial charge < -0.3 is 15.0 Å². The van der Waals surface area contributed by atoms with Crippen LogP contribution in [0, 0.1) is 5.92 Å². The van der Waals surface area contributed by atoms with E-state index >= 15 is 0 Å². The fraction of sp³-hybridized carbons (Fsp3) is 0.933. The Morgan fingerprint density at radius 1 is 1.26 bits per heavy atom. The van der Waals surface area contributed by atoms with E-state index < -0.39 is 5.60 Å². The molecular formula is C15H28N2O2. The number of nitrogens with zero attached hydrogens (tertiary/aromatic N) is 1. The SMILES string of the molecule is C[C@@H](NC1CN(C(=O)OC(C)(C)C)C1)C1CCCC1. The minimum absolute atomic E-state index is 0.181. The molecule has 1 saturated heterocycles. The van der Waals surface area contributed by atoms with Crippen LogP contribution in [0.5, 0.6) is 0 Å². The highest BCUT2D eigenvalue weighted by atomic mass is 16.6. The summed E-state index contributed by atoms with van der Waals surface area (Å²) in [5.41, 5.74) is -0.396. The lowest BCUT2D eigenvalue weighted by atomic mass is 9.97. The van der Waals surface area contributed by atoms with Crippen LogP contribution in [0.3, 0.4) is 0 Å². The number of rotatable bonds is 3. The van der Waals surface area contributed by atoms with Crippen LogP contribution in [0.4, 0.5) is 4.79 Å². The number of hydrogen-bond donors (Lipinski definition) is 1. The topological polar surface area (TPSA) is 41.6 Å². The van der Waals surface area contributed by atoms with E-state index in [2.05, 4.69) is 12.2 Å². The molecule has 0 unspecified atom stereocenters. The predicted molar refractivity (Wildman–Crippen MR) is 76.2 cm³/mol. The van der Waals surface area contributed by atoms with Crippen molar-refractivity contribution in [1.29, 1.82) is 0 Å². The van der Waals surface area contributed by atoms with Crippen molar-refractivity contribution in [2.45, 2.75) is 71.1 Å². The van der Waals surface area contributed by atoms with Gasteiger partial charge in [0, 0.05) is 25.2 Å². The smallest absolute Gasteiger partial charge is 0.410 e. The number of hydrogen-bond acceptors (Lipinski definition) is 3. The molecule has 0 bridgehead atoms. The lowest BCUT2D eigenvalue weighted by Gasteiger charge is -2.42. The van der Waals surface area contributed by atoms with Gasteiger partial charge in [0.05, 0.1) is 0 Å². The molecule has 1 heterocycles. The second kappa shape index (κ2) is 5.70. The molecule has 4 nitrogen and oxygen atoms in total. The van der Waals surface area contributed by atoms with E-state index in [1.807, 2.05) is 20.8 Å². The first kappa shape index (κ1) is 14.6. The highest BCUT2D eigenvalue weighted by Gasteiger charge is 2.35. The summed E-state index contributed by atoms with van der Waals surface area (Å²) in [5.74, 6) is 0.829. The van der Waals surface area contributed by atoms with Gasteiger partial charge in [0.1, 0.15) is 5.60 Å². The van der Waals surface area contributed by atoms with Crippen LogP contribution in [0.25, 0.3) is 0 Å². The first-order valence-electron chi connectivity index (χ1n) is 7.59. The van der Waals surface area contributed by atoms with E-state index in [9.17, 15) is 4.79 Å². The van der Waals surface area contributed by atoms with Crippen molar-refractivity contribution in [2.24, 2.45) is 5.92 Å². The van der Waals surface area contributed by atoms with Gasteiger partial charge >= 0.3 is 6.09 Å². The fourth-order valence-electron chi connectivity index (χ4n) is 3.02. The number of carbonyl (C=O) groups excluding carboxylic acids is 1. The molecule has 2 rings (SSSR count). The number of nitrogens with one attached hydrogen (secondary N) is 1. The maximum absolute atomic E-state index is 11.8. The highest BCUT2D eigenvalue weighted by Crippen LogP contribution is 2.28. The number of ether oxygens (including phenoxy) is 1. The summed E-state index contributed by atoms with van der Waals surface area (Å²) in [7, 11) is 0. The van der Waals surface area contributed by atoms with Gasteiger partial charge in [0.2, 0.25) is 0 Å². The largest absolute Gasteiger partial charge is 0.444 e. The molecule has 110 valence electrons. The standard InChI is InChI=1S/C15H28N2O2/c1-11(12-7-5-6-8-12)16-13-9-17(10-13)14(18)19-15(2,3)4/h11-13,16H,5-10H2,1-4H3/t11-/m1/s1. The third-order valence-corrected chi connectivity index (χ3v) is 4.14. The van der Waals surface area contributed by atoms with Gasteiger partial charge in [-0.2, -0.15) is 0 Å². The molecule has 19 heavy (non-hydrogen) atoms. The van der Waals surface area contributed by atoms with Crippen molar-refractivity contribution in [2.75, 3.05) is 13.1 Å². The van der Waals surface area contributed by atoms with Gasteiger partial charge in [0.15, 0.2) is 0 Å². The Morgan fingerprint density at radius 3 is 2.37 bits per heavy atom. The van der Waals surface area contributed by atoms with E-state index in [4.69, 9.17) is 4.74 Å². The maximum atomic E-state index is 11.8. The monoisotopic (exact) mass is 268 g/mol. The summed E-state index contributed by atoms with van der Waals surface area (Å²) in [5, 5.41) is 3.66. The van der Waals surface area contributed by atoms with Crippen LogP contribution < -0.4 is 5.32 Å². The summed E-state index contributed by atoms with van der Waals surface area (Å²) in [6.07, 6.45) is 5.29. The molecular weight excluding hydrogens is 240 g/mol. The molecule has 1 aliphatic heterocycles. The van der Waals surface area contributed by atoms with Crippen LogP contribution in [-0.2, 0) is 4.74 Å². The molecule has 1 atom stereocenters. The molecule has 1 N–H and O–H groups in total. The van der Waals surface area contributed by atoms with Crippen LogP contribution in [0.1, 0.15) is 53.4 Å². The zero-order valence-electron chi connectivity index (χ0n) is 12.7. The van der Waals surface area contributed by atoms with Gasteiger partial charge in [-0.1, -0.05) is 12.8 Å². The van der Waals surface area contributed by atoms with Crippen molar-refractivity contribution in [3.8, 4) is 0 Å². The Hall–Kier alpha value is -0.770. The molecule has 0 aromatic carbocycles. The lowest BCUT2D eigenvalue weighted by molar-refractivity contribution is 0.00363. The second-order valence-electron chi connectivity index (χ2n) is 7.08. The molecule has 0 aromatic heterocycles. The Kier molecular flexibility index (Phi) is 4.39. The average Bonchev–Trinajstić information content (AvgIpc) is 2.72. The molecule has 1 saturated carbocycles. The Balaban J connectivity index is 1.67. The summed E-state index contributed by atoms with van der Waals surface area (Å²) in [4.78, 5) is 13.6. The van der Waals surface area contributed by atoms with E-state index in [0.717, 1.165) is 19.0 Å². The minimum atomic E-state index is -0.396. The highest BCUT2D eigenvalue weighted by molar-refractivity contribution is 5.69. The van der Waals surface area contributed by atoms with Gasteiger partial charge in [-0.05, 0) is 46.5 Å². The summed E-state index contributed by atoms with van der Waals surface area (Å²) in [6.45, 7) is 9.57. The van der Waals surface area contributed by atoms with Gasteiger partial charge in [0.25, 0.3) is 0 Å². The van der Waals surface area contributed by atoms with Crippen LogP contribution in [-0.4, -0.2) is 41.8 Å². The van der Waals surface area contributed by atoms with Crippen molar-refractivity contribution in [1.82, 2.24) is 10.2 Å². The van der Waals surface area contributed by atoms with Gasteiger partial charge in [-0.15, -0.1) is 0 Å². The third-order valence-electron chi connectivity index (χ3n) is 4.14. The van der Waals surface area contributed by atoms with Crippen molar-refractivity contribution in [3.05, 3.63) is 0 Å². The van der Waals surface area contributed by atoms with E-state index in [0.29, 0.717) is 12.1 Å². The summed E-state index contributed by atoms with van der Waals surface area (Å²) >= 11 is 0. The Labute approximate surface area is 116 Å². The van der Waals surface area contributed by atoms with E-state index in [1.165, 1.54) is 25.7 Å². The van der Waals surface area contributed by atoms with Crippen molar-refractivity contribution < 1.29 is 9.53 Å². The molecule has 1 aliphatic carbocycles. The fourth-order valence-corrected chi connectivity index (χ4v) is 3.02. The second-order valence-corrected chi connectivity index (χ2v) is 7.08. The van der Waals surface area contributed by atoms with Crippen molar-refractivity contribution >= 4 is 6.09 Å². The Bertz CT molecular complexity index is 313. The molecule has 2 aliphatic rings. The average molecular weight is 268 g/mol. The summed E-state index contributed by atoms with van der Waals surface area (Å²) in [6, 6.07) is 1.02. The zero-order chi connectivity index (χ0) is 14.0. The quantitative estimate of drug-likeness (QED) is 0.855. The molecule has 2 fully saturated rings. The van der Waals surface area contributed by atoms with Gasteiger partial charge in [-0.25, -0.2) is 4.79 Å². The van der Waals surface area contributed by atoms with Gasteiger partial charge in [-0.3, -0.25) is 0 Å². The maximum Gasteiger partial charge on any atom is 0.410 e. The number of likely N-dealkylation sites (tertiary alicyclic amines) is 1. The van der Waals surface area contributed by atoms with E-state index in [1.54, 1.807) is 4.90 Å². The number of amides is 1. The lowest BCUT2D eigenvalue weighted by Crippen LogP contribution is -2.62. The molecule has 1 amide bonds. The first-order valence-corrected chi connectivity index (χ1v) is 7.59. The van der Waals surface area contributed by atoms with E-state index in [-0.39, 0.29) is 6.09 Å². The summed E-state index contributed by atoms with van der Waals surface area (Å²) < 4.78 is 5.35. The first-order chi connectivity index (χ1) is 8.85. The third kappa shape index (κ3) is 4.10. The van der Waals surface area contributed by atoms with Crippen LogP contribution >= 0.6 is 0 Å². The van der Waals surface area contributed by atoms with Crippen molar-refractivity contribution in [3.63, 3.8) is 0 Å². The Morgan fingerprint density at radius 2 is 1.84 bits per heavy atom.